The summed E-state index contributed by atoms with van der Waals surface area (Å²) in [4.78, 5) is 36.8. The van der Waals surface area contributed by atoms with Gasteiger partial charge in [0.05, 0.1) is 12.0 Å². The second-order valence-electron chi connectivity index (χ2n) is 6.49. The molecular formula is C22H21N3O4S. The van der Waals surface area contributed by atoms with Gasteiger partial charge in [0, 0.05) is 17.9 Å². The van der Waals surface area contributed by atoms with Crippen molar-refractivity contribution in [2.24, 2.45) is 0 Å². The fourth-order valence-corrected chi connectivity index (χ4v) is 3.56. The first-order valence-electron chi connectivity index (χ1n) is 9.14. The van der Waals surface area contributed by atoms with E-state index in [1.54, 1.807) is 30.3 Å². The zero-order valence-electron chi connectivity index (χ0n) is 16.5. The van der Waals surface area contributed by atoms with Crippen LogP contribution in [0.15, 0.2) is 60.7 Å². The highest BCUT2D eigenvalue weighted by molar-refractivity contribution is 7.15. The van der Waals surface area contributed by atoms with Gasteiger partial charge < -0.3 is 20.7 Å². The Bertz CT molecular complexity index is 1080. The second-order valence-corrected chi connectivity index (χ2v) is 7.57. The zero-order valence-corrected chi connectivity index (χ0v) is 17.3. The van der Waals surface area contributed by atoms with Crippen LogP contribution in [-0.4, -0.2) is 25.0 Å². The van der Waals surface area contributed by atoms with Crippen LogP contribution < -0.4 is 16.0 Å². The number of amides is 3. The summed E-state index contributed by atoms with van der Waals surface area (Å²) in [5.41, 5.74) is 3.19. The maximum Gasteiger partial charge on any atom is 0.348 e. The van der Waals surface area contributed by atoms with Crippen LogP contribution in [0.1, 0.15) is 30.5 Å². The summed E-state index contributed by atoms with van der Waals surface area (Å²) >= 11 is 1.07. The number of hydrogen-bond donors (Lipinski definition) is 3. The predicted molar refractivity (Wildman–Crippen MR) is 117 cm³/mol. The third-order valence-corrected chi connectivity index (χ3v) is 5.19. The molecule has 30 heavy (non-hydrogen) atoms. The molecule has 8 heteroatoms. The molecule has 0 unspecified atom stereocenters. The first-order chi connectivity index (χ1) is 14.4. The minimum atomic E-state index is -0.471. The molecule has 0 aliphatic rings. The van der Waals surface area contributed by atoms with E-state index in [4.69, 9.17) is 0 Å². The van der Waals surface area contributed by atoms with Gasteiger partial charge in [-0.2, -0.15) is 0 Å². The van der Waals surface area contributed by atoms with Crippen LogP contribution in [0.2, 0.25) is 0 Å². The summed E-state index contributed by atoms with van der Waals surface area (Å²) in [6.07, 6.45) is 0. The topological polar surface area (TPSA) is 96.5 Å². The number of hydrogen-bond acceptors (Lipinski definition) is 5. The summed E-state index contributed by atoms with van der Waals surface area (Å²) in [6, 6.07) is 17.5. The Morgan fingerprint density at radius 3 is 2.27 bits per heavy atom. The van der Waals surface area contributed by atoms with Gasteiger partial charge in [-0.15, -0.1) is 11.3 Å². The lowest BCUT2D eigenvalue weighted by Gasteiger charge is -2.10. The number of carbonyl (C=O) groups excluding carboxylic acids is 3. The SMILES string of the molecule is COC(=O)c1ccc(C(=O)NCc2cccc(NC(=O)Nc3cccc(C)c3)c2)s1. The number of ether oxygens (including phenoxy) is 1. The molecule has 154 valence electrons. The minimum absolute atomic E-state index is 0.277. The second kappa shape index (κ2) is 9.71. The average molecular weight is 423 g/mol. The number of benzene rings is 2. The van der Waals surface area contributed by atoms with Crippen LogP contribution in [0, 0.1) is 6.92 Å². The standard InChI is InChI=1S/C22H21N3O4S/c1-14-5-3-7-16(11-14)24-22(28)25-17-8-4-6-15(12-17)13-23-20(26)18-9-10-19(30-18)21(27)29-2/h3-12H,13H2,1-2H3,(H,23,26)(H2,24,25,28). The van der Waals surface area contributed by atoms with Crippen molar-refractivity contribution >= 4 is 40.6 Å². The molecule has 0 saturated carbocycles. The van der Waals surface area contributed by atoms with E-state index < -0.39 is 5.97 Å². The normalized spacial score (nSPS) is 10.2. The summed E-state index contributed by atoms with van der Waals surface area (Å²) in [7, 11) is 1.30. The Balaban J connectivity index is 1.56. The summed E-state index contributed by atoms with van der Waals surface area (Å²) < 4.78 is 4.65. The highest BCUT2D eigenvalue weighted by Crippen LogP contribution is 2.18. The quantitative estimate of drug-likeness (QED) is 0.512. The molecule has 2 aromatic carbocycles. The fraction of sp³-hybridized carbons (Fsp3) is 0.136. The Morgan fingerprint density at radius 2 is 1.57 bits per heavy atom. The number of rotatable bonds is 6. The number of thiophene rings is 1. The molecule has 3 amide bonds. The summed E-state index contributed by atoms with van der Waals surface area (Å²) in [5.74, 6) is -0.757. The fourth-order valence-electron chi connectivity index (χ4n) is 2.71. The zero-order chi connectivity index (χ0) is 21.5. The third kappa shape index (κ3) is 5.68. The average Bonchev–Trinajstić information content (AvgIpc) is 3.22. The number of methoxy groups -OCH3 is 1. The Labute approximate surface area is 178 Å². The molecule has 0 radical (unpaired) electrons. The van der Waals surface area contributed by atoms with Crippen LogP contribution in [0.5, 0.6) is 0 Å². The van der Waals surface area contributed by atoms with E-state index in [1.807, 2.05) is 37.3 Å². The monoisotopic (exact) mass is 423 g/mol. The van der Waals surface area contributed by atoms with Gasteiger partial charge in [-0.1, -0.05) is 24.3 Å². The molecule has 1 aromatic heterocycles. The molecule has 3 N–H and O–H groups in total. The largest absolute Gasteiger partial charge is 0.465 e. The van der Waals surface area contributed by atoms with Crippen molar-refractivity contribution in [1.82, 2.24) is 5.32 Å². The van der Waals surface area contributed by atoms with E-state index in [9.17, 15) is 14.4 Å². The summed E-state index contributed by atoms with van der Waals surface area (Å²) in [6.45, 7) is 2.23. The maximum atomic E-state index is 12.3. The predicted octanol–water partition coefficient (Wildman–Crippen LogP) is 4.42. The first-order valence-corrected chi connectivity index (χ1v) is 9.96. The highest BCUT2D eigenvalue weighted by atomic mass is 32.1. The lowest BCUT2D eigenvalue weighted by atomic mass is 10.2. The van der Waals surface area contributed by atoms with Crippen molar-refractivity contribution in [1.29, 1.82) is 0 Å². The van der Waals surface area contributed by atoms with Crippen molar-refractivity contribution in [2.75, 3.05) is 17.7 Å². The molecule has 3 rings (SSSR count). The molecule has 0 aliphatic carbocycles. The molecule has 1 heterocycles. The molecule has 7 nitrogen and oxygen atoms in total. The van der Waals surface area contributed by atoms with Crippen molar-refractivity contribution in [2.45, 2.75) is 13.5 Å². The van der Waals surface area contributed by atoms with E-state index in [2.05, 4.69) is 20.7 Å². The van der Waals surface area contributed by atoms with Crippen LogP contribution in [0.3, 0.4) is 0 Å². The van der Waals surface area contributed by atoms with Gasteiger partial charge in [-0.05, 0) is 54.4 Å². The smallest absolute Gasteiger partial charge is 0.348 e. The van der Waals surface area contributed by atoms with Gasteiger partial charge in [0.25, 0.3) is 5.91 Å². The number of aryl methyl sites for hydroxylation is 1. The minimum Gasteiger partial charge on any atom is -0.465 e. The van der Waals surface area contributed by atoms with E-state index in [-0.39, 0.29) is 18.5 Å². The van der Waals surface area contributed by atoms with Crippen LogP contribution in [-0.2, 0) is 11.3 Å². The molecule has 0 fully saturated rings. The Morgan fingerprint density at radius 1 is 0.900 bits per heavy atom. The van der Waals surface area contributed by atoms with Gasteiger partial charge in [0.1, 0.15) is 4.88 Å². The Kier molecular flexibility index (Phi) is 6.82. The first kappa shape index (κ1) is 21.1. The number of esters is 1. The lowest BCUT2D eigenvalue weighted by molar-refractivity contribution is 0.0606. The van der Waals surface area contributed by atoms with E-state index >= 15 is 0 Å². The number of nitrogens with one attached hydrogen (secondary N) is 3. The van der Waals surface area contributed by atoms with Gasteiger partial charge >= 0.3 is 12.0 Å². The van der Waals surface area contributed by atoms with Crippen molar-refractivity contribution < 1.29 is 19.1 Å². The van der Waals surface area contributed by atoms with E-state index in [1.165, 1.54) is 7.11 Å². The number of carbonyl (C=O) groups is 3. The van der Waals surface area contributed by atoms with Crippen LogP contribution in [0.25, 0.3) is 0 Å². The van der Waals surface area contributed by atoms with Gasteiger partial charge in [-0.3, -0.25) is 4.79 Å². The molecule has 0 atom stereocenters. The molecule has 3 aromatic rings. The van der Waals surface area contributed by atoms with Gasteiger partial charge in [-0.25, -0.2) is 9.59 Å². The lowest BCUT2D eigenvalue weighted by Crippen LogP contribution is -2.22. The van der Waals surface area contributed by atoms with Gasteiger partial charge in [0.2, 0.25) is 0 Å². The maximum absolute atomic E-state index is 12.3. The van der Waals surface area contributed by atoms with Crippen LogP contribution >= 0.6 is 11.3 Å². The van der Waals surface area contributed by atoms with Crippen LogP contribution in [0.4, 0.5) is 16.2 Å². The van der Waals surface area contributed by atoms with Crippen molar-refractivity contribution in [3.8, 4) is 0 Å². The van der Waals surface area contributed by atoms with Crippen molar-refractivity contribution in [3.63, 3.8) is 0 Å². The number of anilines is 2. The van der Waals surface area contributed by atoms with E-state index in [0.717, 1.165) is 22.5 Å². The summed E-state index contributed by atoms with van der Waals surface area (Å²) in [5, 5.41) is 8.37. The van der Waals surface area contributed by atoms with Gasteiger partial charge in [0.15, 0.2) is 0 Å². The molecule has 0 spiro atoms. The Hall–Kier alpha value is -3.65. The highest BCUT2D eigenvalue weighted by Gasteiger charge is 2.14. The van der Waals surface area contributed by atoms with E-state index in [0.29, 0.717) is 21.1 Å². The van der Waals surface area contributed by atoms with Crippen molar-refractivity contribution in [3.05, 3.63) is 81.5 Å². The molecule has 0 aliphatic heterocycles. The molecule has 0 saturated heterocycles. The number of urea groups is 1. The molecular weight excluding hydrogens is 402 g/mol. The molecule has 0 bridgehead atoms. The third-order valence-electron chi connectivity index (χ3n) is 4.13.